The summed E-state index contributed by atoms with van der Waals surface area (Å²) in [5.74, 6) is 0.527. The molecule has 2 heterocycles. The normalized spacial score (nSPS) is 12.1. The van der Waals surface area contributed by atoms with Gasteiger partial charge in [0.1, 0.15) is 5.65 Å². The second-order valence-corrected chi connectivity index (χ2v) is 7.89. The van der Waals surface area contributed by atoms with E-state index in [4.69, 9.17) is 4.98 Å². The molecule has 2 aromatic heterocycles. The third-order valence-corrected chi connectivity index (χ3v) is 5.57. The van der Waals surface area contributed by atoms with E-state index in [9.17, 15) is 0 Å². The number of aromatic nitrogens is 2. The molecule has 0 aliphatic carbocycles. The third-order valence-electron chi connectivity index (χ3n) is 5.57. The van der Waals surface area contributed by atoms with Gasteiger partial charge < -0.3 is 0 Å². The van der Waals surface area contributed by atoms with Crippen LogP contribution in [0, 0.1) is 13.8 Å². The Morgan fingerprint density at radius 1 is 0.962 bits per heavy atom. The molecule has 4 aromatic rings. The molecule has 0 unspecified atom stereocenters. The maximum atomic E-state index is 4.99. The highest BCUT2D eigenvalue weighted by molar-refractivity contribution is 6.12. The summed E-state index contributed by atoms with van der Waals surface area (Å²) in [6.07, 6.45) is 3.49. The molecule has 0 fully saturated rings. The van der Waals surface area contributed by atoms with Crippen LogP contribution in [-0.2, 0) is 6.42 Å². The van der Waals surface area contributed by atoms with Gasteiger partial charge in [-0.15, -0.1) is 0 Å². The van der Waals surface area contributed by atoms with E-state index in [2.05, 4.69) is 75.4 Å². The van der Waals surface area contributed by atoms with Gasteiger partial charge in [0.15, 0.2) is 0 Å². The first-order valence-electron chi connectivity index (χ1n) is 9.85. The lowest BCUT2D eigenvalue weighted by molar-refractivity contribution is 0.769. The molecule has 0 radical (unpaired) electrons. The molecular weight excluding hydrogens is 316 g/mol. The highest BCUT2D eigenvalue weighted by Crippen LogP contribution is 2.34. The Labute approximate surface area is 155 Å². The second-order valence-electron chi connectivity index (χ2n) is 7.89. The summed E-state index contributed by atoms with van der Waals surface area (Å²) >= 11 is 0. The number of nitrogens with zero attached hydrogens (tertiary/aromatic N) is 2. The van der Waals surface area contributed by atoms with E-state index in [-0.39, 0.29) is 0 Å². The topological polar surface area (TPSA) is 17.3 Å². The molecule has 0 atom stereocenters. The van der Waals surface area contributed by atoms with E-state index in [1.807, 2.05) is 0 Å². The van der Waals surface area contributed by atoms with Gasteiger partial charge in [0.05, 0.1) is 11.2 Å². The molecule has 0 aliphatic heterocycles. The maximum Gasteiger partial charge on any atom is 0.145 e. The summed E-state index contributed by atoms with van der Waals surface area (Å²) in [6, 6.07) is 13.7. The zero-order valence-electron chi connectivity index (χ0n) is 16.6. The fourth-order valence-corrected chi connectivity index (χ4v) is 4.04. The fraction of sp³-hybridized carbons (Fsp3) is 0.375. The monoisotopic (exact) mass is 344 g/mol. The zero-order valence-corrected chi connectivity index (χ0v) is 16.6. The minimum Gasteiger partial charge on any atom is -0.296 e. The third kappa shape index (κ3) is 2.59. The number of hydrogen-bond acceptors (Lipinski definition) is 1. The molecule has 2 heteroatoms. The van der Waals surface area contributed by atoms with E-state index in [0.29, 0.717) is 5.92 Å². The van der Waals surface area contributed by atoms with Crippen LogP contribution in [0.5, 0.6) is 0 Å². The molecule has 0 saturated carbocycles. The Morgan fingerprint density at radius 3 is 2.50 bits per heavy atom. The van der Waals surface area contributed by atoms with Gasteiger partial charge in [-0.3, -0.25) is 4.40 Å². The fourth-order valence-electron chi connectivity index (χ4n) is 4.04. The van der Waals surface area contributed by atoms with Crippen molar-refractivity contribution in [3.63, 3.8) is 0 Å². The number of unbranched alkanes of at least 4 members (excludes halogenated alkanes) is 1. The number of benzene rings is 2. The summed E-state index contributed by atoms with van der Waals surface area (Å²) < 4.78 is 2.42. The number of imidazole rings is 1. The van der Waals surface area contributed by atoms with Gasteiger partial charge in [0.25, 0.3) is 0 Å². The van der Waals surface area contributed by atoms with Gasteiger partial charge >= 0.3 is 0 Å². The van der Waals surface area contributed by atoms with E-state index in [1.54, 1.807) is 0 Å². The predicted octanol–water partition coefficient (Wildman–Crippen LogP) is 6.72. The van der Waals surface area contributed by atoms with Crippen molar-refractivity contribution in [1.29, 1.82) is 0 Å². The molecule has 4 rings (SSSR count). The van der Waals surface area contributed by atoms with E-state index in [1.165, 1.54) is 57.0 Å². The van der Waals surface area contributed by atoms with E-state index >= 15 is 0 Å². The van der Waals surface area contributed by atoms with Crippen molar-refractivity contribution in [2.45, 2.75) is 59.8 Å². The van der Waals surface area contributed by atoms with Crippen molar-refractivity contribution < 1.29 is 0 Å². The van der Waals surface area contributed by atoms with Crippen LogP contribution < -0.4 is 0 Å². The average Bonchev–Trinajstić information content (AvgIpc) is 2.95. The standard InChI is InChI=1S/C24H28N2/c1-6-7-8-22-17(5)25-24-19-11-9-16(4)13-20(19)21-14-18(15(2)3)10-12-23(21)26(22)24/h9-15H,6-8H2,1-5H3. The highest BCUT2D eigenvalue weighted by atomic mass is 15.0. The number of aryl methyl sites for hydroxylation is 3. The number of fused-ring (bicyclic) bond motifs is 6. The molecule has 26 heavy (non-hydrogen) atoms. The summed E-state index contributed by atoms with van der Waals surface area (Å²) in [5.41, 5.74) is 7.62. The Kier molecular flexibility index (Phi) is 4.22. The average molecular weight is 345 g/mol. The van der Waals surface area contributed by atoms with Gasteiger partial charge in [0, 0.05) is 16.5 Å². The van der Waals surface area contributed by atoms with E-state index < -0.39 is 0 Å². The van der Waals surface area contributed by atoms with Crippen LogP contribution in [0.1, 0.15) is 62.0 Å². The maximum absolute atomic E-state index is 4.99. The van der Waals surface area contributed by atoms with Crippen LogP contribution in [0.4, 0.5) is 0 Å². The quantitative estimate of drug-likeness (QED) is 0.375. The summed E-state index contributed by atoms with van der Waals surface area (Å²) in [5, 5.41) is 3.93. The van der Waals surface area contributed by atoms with Crippen LogP contribution in [0.15, 0.2) is 36.4 Å². The lowest BCUT2D eigenvalue weighted by Gasteiger charge is -2.14. The van der Waals surface area contributed by atoms with Crippen LogP contribution in [-0.4, -0.2) is 9.38 Å². The molecule has 0 amide bonds. The Bertz CT molecular complexity index is 1120. The minimum absolute atomic E-state index is 0.527. The van der Waals surface area contributed by atoms with Crippen molar-refractivity contribution in [2.24, 2.45) is 0 Å². The van der Waals surface area contributed by atoms with Crippen molar-refractivity contribution >= 4 is 27.3 Å². The second kappa shape index (κ2) is 6.42. The van der Waals surface area contributed by atoms with Crippen LogP contribution in [0.25, 0.3) is 27.3 Å². The Morgan fingerprint density at radius 2 is 1.77 bits per heavy atom. The Hall–Kier alpha value is -2.35. The summed E-state index contributed by atoms with van der Waals surface area (Å²) in [6.45, 7) is 11.1. The molecule has 134 valence electrons. The lowest BCUT2D eigenvalue weighted by Crippen LogP contribution is -1.99. The predicted molar refractivity (Wildman–Crippen MR) is 112 cm³/mol. The first kappa shape index (κ1) is 17.1. The minimum atomic E-state index is 0.527. The van der Waals surface area contributed by atoms with Gasteiger partial charge in [-0.2, -0.15) is 0 Å². The van der Waals surface area contributed by atoms with Gasteiger partial charge in [0.2, 0.25) is 0 Å². The van der Waals surface area contributed by atoms with Crippen molar-refractivity contribution in [3.05, 3.63) is 58.9 Å². The molecule has 0 N–H and O–H groups in total. The number of pyridine rings is 1. The smallest absolute Gasteiger partial charge is 0.145 e. The molecule has 0 spiro atoms. The number of rotatable bonds is 4. The number of hydrogen-bond donors (Lipinski definition) is 0. The molecule has 0 saturated heterocycles. The highest BCUT2D eigenvalue weighted by Gasteiger charge is 2.16. The van der Waals surface area contributed by atoms with Gasteiger partial charge in [-0.1, -0.05) is 57.0 Å². The molecule has 2 nitrogen and oxygen atoms in total. The SMILES string of the molecule is CCCCc1c(C)nc2c3ccc(C)cc3c3cc(C(C)C)ccc3n12. The molecule has 0 bridgehead atoms. The van der Waals surface area contributed by atoms with Gasteiger partial charge in [-0.05, 0) is 55.7 Å². The van der Waals surface area contributed by atoms with Crippen molar-refractivity contribution in [2.75, 3.05) is 0 Å². The molecular formula is C24H28N2. The summed E-state index contributed by atoms with van der Waals surface area (Å²) in [4.78, 5) is 4.99. The van der Waals surface area contributed by atoms with Gasteiger partial charge in [-0.25, -0.2) is 4.98 Å². The Balaban J connectivity index is 2.20. The molecule has 2 aromatic carbocycles. The molecule has 0 aliphatic rings. The van der Waals surface area contributed by atoms with Crippen LogP contribution in [0.3, 0.4) is 0 Å². The lowest BCUT2D eigenvalue weighted by atomic mass is 9.97. The van der Waals surface area contributed by atoms with Crippen LogP contribution in [0.2, 0.25) is 0 Å². The zero-order chi connectivity index (χ0) is 18.4. The van der Waals surface area contributed by atoms with E-state index in [0.717, 1.165) is 12.1 Å². The largest absolute Gasteiger partial charge is 0.296 e. The first-order chi connectivity index (χ1) is 12.5. The van der Waals surface area contributed by atoms with Crippen LogP contribution >= 0.6 is 0 Å². The summed E-state index contributed by atoms with van der Waals surface area (Å²) in [7, 11) is 0. The van der Waals surface area contributed by atoms with Crippen molar-refractivity contribution in [1.82, 2.24) is 9.38 Å². The first-order valence-corrected chi connectivity index (χ1v) is 9.85. The van der Waals surface area contributed by atoms with Crippen molar-refractivity contribution in [3.8, 4) is 0 Å².